The zero-order valence-electron chi connectivity index (χ0n) is 51.5. The highest BCUT2D eigenvalue weighted by Gasteiger charge is 2.19. The molecular formula is C71H128O6. The number of allylic oxidation sites excluding steroid dienone is 10. The fourth-order valence-corrected chi connectivity index (χ4v) is 9.96. The highest BCUT2D eigenvalue weighted by atomic mass is 16.6. The number of hydrogen-bond acceptors (Lipinski definition) is 6. The summed E-state index contributed by atoms with van der Waals surface area (Å²) in [6.07, 6.45) is 84.4. The Labute approximate surface area is 479 Å². The van der Waals surface area contributed by atoms with Gasteiger partial charge in [0.2, 0.25) is 0 Å². The summed E-state index contributed by atoms with van der Waals surface area (Å²) in [4.78, 5) is 38.0. The minimum atomic E-state index is -0.770. The number of ether oxygens (including phenoxy) is 3. The van der Waals surface area contributed by atoms with E-state index in [1.807, 2.05) is 0 Å². The van der Waals surface area contributed by atoms with Gasteiger partial charge in [0.05, 0.1) is 0 Å². The van der Waals surface area contributed by atoms with Crippen LogP contribution in [0.5, 0.6) is 0 Å². The zero-order valence-corrected chi connectivity index (χ0v) is 51.5. The Morgan fingerprint density at radius 2 is 0.506 bits per heavy atom. The molecule has 0 aliphatic rings. The molecule has 6 heteroatoms. The lowest BCUT2D eigenvalue weighted by atomic mass is 10.0. The first-order valence-electron chi connectivity index (χ1n) is 33.8. The first-order chi connectivity index (χ1) is 38.0. The minimum absolute atomic E-state index is 0.0704. The largest absolute Gasteiger partial charge is 0.462 e. The van der Waals surface area contributed by atoms with Crippen LogP contribution in [-0.2, 0) is 28.6 Å². The molecule has 1 unspecified atom stereocenters. The molecule has 0 saturated heterocycles. The summed E-state index contributed by atoms with van der Waals surface area (Å²) in [7, 11) is 0. The lowest BCUT2D eigenvalue weighted by Crippen LogP contribution is -2.30. The Morgan fingerprint density at radius 3 is 0.805 bits per heavy atom. The van der Waals surface area contributed by atoms with E-state index in [0.29, 0.717) is 19.3 Å². The van der Waals surface area contributed by atoms with Crippen LogP contribution in [0.4, 0.5) is 0 Å². The maximum absolute atomic E-state index is 12.8. The Morgan fingerprint density at radius 1 is 0.273 bits per heavy atom. The summed E-state index contributed by atoms with van der Waals surface area (Å²) in [5, 5.41) is 0. The average molecular weight is 1080 g/mol. The Kier molecular flexibility index (Phi) is 63.2. The molecule has 0 N–H and O–H groups in total. The van der Waals surface area contributed by atoms with Gasteiger partial charge in [-0.15, -0.1) is 0 Å². The maximum Gasteiger partial charge on any atom is 0.306 e. The first-order valence-corrected chi connectivity index (χ1v) is 33.8. The molecule has 0 aliphatic carbocycles. The molecule has 0 rings (SSSR count). The molecule has 448 valence electrons. The van der Waals surface area contributed by atoms with Gasteiger partial charge >= 0.3 is 17.9 Å². The van der Waals surface area contributed by atoms with Gasteiger partial charge in [0.15, 0.2) is 6.10 Å². The van der Waals surface area contributed by atoms with Crippen molar-refractivity contribution in [3.8, 4) is 0 Å². The summed E-state index contributed by atoms with van der Waals surface area (Å²) < 4.78 is 16.8. The van der Waals surface area contributed by atoms with E-state index in [1.165, 1.54) is 231 Å². The highest BCUT2D eigenvalue weighted by molar-refractivity contribution is 5.71. The minimum Gasteiger partial charge on any atom is -0.462 e. The van der Waals surface area contributed by atoms with Gasteiger partial charge in [0.1, 0.15) is 13.2 Å². The maximum atomic E-state index is 12.8. The summed E-state index contributed by atoms with van der Waals surface area (Å²) >= 11 is 0. The van der Waals surface area contributed by atoms with Crippen LogP contribution in [0.15, 0.2) is 60.8 Å². The Bertz CT molecular complexity index is 1380. The van der Waals surface area contributed by atoms with Crippen molar-refractivity contribution in [1.82, 2.24) is 0 Å². The second-order valence-corrected chi connectivity index (χ2v) is 22.7. The van der Waals surface area contributed by atoms with Crippen molar-refractivity contribution in [3.05, 3.63) is 60.8 Å². The van der Waals surface area contributed by atoms with E-state index in [4.69, 9.17) is 14.2 Å². The number of hydrogen-bond donors (Lipinski definition) is 0. The molecule has 0 amide bonds. The van der Waals surface area contributed by atoms with Crippen molar-refractivity contribution in [2.45, 2.75) is 361 Å². The van der Waals surface area contributed by atoms with Crippen LogP contribution in [0.3, 0.4) is 0 Å². The number of carbonyl (C=O) groups is 3. The van der Waals surface area contributed by atoms with Gasteiger partial charge in [-0.25, -0.2) is 0 Å². The third kappa shape index (κ3) is 63.8. The van der Waals surface area contributed by atoms with E-state index in [1.54, 1.807) is 0 Å². The zero-order chi connectivity index (χ0) is 55.7. The topological polar surface area (TPSA) is 78.9 Å². The van der Waals surface area contributed by atoms with Crippen molar-refractivity contribution < 1.29 is 28.6 Å². The van der Waals surface area contributed by atoms with Gasteiger partial charge in [-0.1, -0.05) is 313 Å². The van der Waals surface area contributed by atoms with Crippen LogP contribution in [0.1, 0.15) is 355 Å². The van der Waals surface area contributed by atoms with E-state index in [2.05, 4.69) is 81.5 Å². The summed E-state index contributed by atoms with van der Waals surface area (Å²) in [6.45, 7) is 6.51. The van der Waals surface area contributed by atoms with Gasteiger partial charge in [-0.05, 0) is 83.5 Å². The van der Waals surface area contributed by atoms with Crippen molar-refractivity contribution in [2.75, 3.05) is 13.2 Å². The van der Waals surface area contributed by atoms with Gasteiger partial charge < -0.3 is 14.2 Å². The highest BCUT2D eigenvalue weighted by Crippen LogP contribution is 2.18. The Balaban J connectivity index is 3.92. The lowest BCUT2D eigenvalue weighted by Gasteiger charge is -2.18. The number of carbonyl (C=O) groups excluding carboxylic acids is 3. The summed E-state index contributed by atoms with van der Waals surface area (Å²) in [6, 6.07) is 0. The van der Waals surface area contributed by atoms with Crippen molar-refractivity contribution in [1.29, 1.82) is 0 Å². The van der Waals surface area contributed by atoms with Crippen molar-refractivity contribution >= 4 is 17.9 Å². The smallest absolute Gasteiger partial charge is 0.306 e. The molecule has 6 nitrogen and oxygen atoms in total. The summed E-state index contributed by atoms with van der Waals surface area (Å²) in [5.74, 6) is -0.865. The number of unbranched alkanes of at least 4 members (excludes halogenated alkanes) is 41. The van der Waals surface area contributed by atoms with Crippen LogP contribution in [0.2, 0.25) is 0 Å². The molecule has 0 radical (unpaired) electrons. The molecule has 0 fully saturated rings. The van der Waals surface area contributed by atoms with E-state index in [9.17, 15) is 14.4 Å². The van der Waals surface area contributed by atoms with E-state index < -0.39 is 6.10 Å². The second kappa shape index (κ2) is 65.6. The second-order valence-electron chi connectivity index (χ2n) is 22.7. The fraction of sp³-hybridized carbons (Fsp3) is 0.817. The van der Waals surface area contributed by atoms with Crippen LogP contribution in [0.25, 0.3) is 0 Å². The molecule has 0 aromatic heterocycles. The van der Waals surface area contributed by atoms with Crippen LogP contribution in [-0.4, -0.2) is 37.2 Å². The van der Waals surface area contributed by atoms with Gasteiger partial charge in [-0.3, -0.25) is 14.4 Å². The Hall–Kier alpha value is -2.89. The predicted octanol–water partition coefficient (Wildman–Crippen LogP) is 23.1. The molecule has 77 heavy (non-hydrogen) atoms. The fourth-order valence-electron chi connectivity index (χ4n) is 9.96. The molecule has 0 heterocycles. The predicted molar refractivity (Wildman–Crippen MR) is 335 cm³/mol. The molecular weight excluding hydrogens is 949 g/mol. The van der Waals surface area contributed by atoms with E-state index in [-0.39, 0.29) is 31.1 Å². The van der Waals surface area contributed by atoms with Crippen LogP contribution < -0.4 is 0 Å². The molecule has 0 bridgehead atoms. The van der Waals surface area contributed by atoms with Gasteiger partial charge in [0.25, 0.3) is 0 Å². The van der Waals surface area contributed by atoms with Crippen LogP contribution >= 0.6 is 0 Å². The quantitative estimate of drug-likeness (QED) is 0.0261. The lowest BCUT2D eigenvalue weighted by molar-refractivity contribution is -0.167. The normalized spacial score (nSPS) is 12.4. The molecule has 0 spiro atoms. The number of rotatable bonds is 62. The van der Waals surface area contributed by atoms with Gasteiger partial charge in [-0.2, -0.15) is 0 Å². The summed E-state index contributed by atoms with van der Waals surface area (Å²) in [5.41, 5.74) is 0. The third-order valence-electron chi connectivity index (χ3n) is 15.0. The van der Waals surface area contributed by atoms with Crippen molar-refractivity contribution in [2.24, 2.45) is 0 Å². The third-order valence-corrected chi connectivity index (χ3v) is 15.0. The van der Waals surface area contributed by atoms with Crippen molar-refractivity contribution in [3.63, 3.8) is 0 Å². The molecule has 0 aromatic carbocycles. The molecule has 0 saturated carbocycles. The average Bonchev–Trinajstić information content (AvgIpc) is 3.43. The van der Waals surface area contributed by atoms with E-state index in [0.717, 1.165) is 83.5 Å². The first kappa shape index (κ1) is 74.1. The number of esters is 3. The monoisotopic (exact) mass is 1080 g/mol. The van der Waals surface area contributed by atoms with Gasteiger partial charge in [0, 0.05) is 19.3 Å². The SMILES string of the molecule is CC/C=C\C/C=C\C/C=C\C/C=C\CCCCCCCCCCCCCCCCCCCCCCCCC(=O)OCC(COC(=O)CCCCCCCC)OC(=O)CCCCCCCCC/C=C\CCCCCCCCC. The molecule has 0 aromatic rings. The standard InChI is InChI=1S/C71H128O6/c1-4-7-10-13-16-18-20-22-24-26-28-29-30-31-32-33-34-35-36-37-38-39-40-41-42-43-44-46-47-49-51-53-55-58-61-64-70(73)76-67-68(66-75-69(72)63-60-57-15-12-9-6-3)77-71(74)65-62-59-56-54-52-50-48-45-27-25-23-21-19-17-14-11-8-5-2/h7,10,16,18,22,24-25,27-29,68H,4-6,8-9,11-15,17,19-21,23,26,30-67H2,1-3H3/b10-7-,18-16-,24-22-,27-25-,29-28-. The molecule has 1 atom stereocenters. The van der Waals surface area contributed by atoms with E-state index >= 15 is 0 Å². The molecule has 0 aliphatic heterocycles. The van der Waals surface area contributed by atoms with Crippen LogP contribution in [0, 0.1) is 0 Å².